The van der Waals surface area contributed by atoms with Crippen LogP contribution in [0.2, 0.25) is 0 Å². The van der Waals surface area contributed by atoms with Gasteiger partial charge in [0.1, 0.15) is 5.78 Å². The second-order valence-corrected chi connectivity index (χ2v) is 4.74. The van der Waals surface area contributed by atoms with Crippen LogP contribution in [0.4, 0.5) is 0 Å². The monoisotopic (exact) mass is 196 g/mol. The number of ether oxygens (including phenoxy) is 1. The predicted molar refractivity (Wildman–Crippen MR) is 50.5 cm³/mol. The van der Waals surface area contributed by atoms with Crippen molar-refractivity contribution >= 4 is 11.8 Å². The quantitative estimate of drug-likeness (QED) is 0.641. The first-order valence-electron chi connectivity index (χ1n) is 5.30. The summed E-state index contributed by atoms with van der Waals surface area (Å²) in [5.41, 5.74) is 0. The highest BCUT2D eigenvalue weighted by Crippen LogP contribution is 2.55. The molecule has 0 saturated heterocycles. The van der Waals surface area contributed by atoms with E-state index >= 15 is 0 Å². The van der Waals surface area contributed by atoms with Crippen LogP contribution >= 0.6 is 0 Å². The van der Waals surface area contributed by atoms with Gasteiger partial charge in [0.25, 0.3) is 0 Å². The first-order chi connectivity index (χ1) is 6.61. The van der Waals surface area contributed by atoms with E-state index in [1.54, 1.807) is 0 Å². The molecule has 2 saturated carbocycles. The highest BCUT2D eigenvalue weighted by Gasteiger charge is 2.62. The van der Waals surface area contributed by atoms with Gasteiger partial charge >= 0.3 is 5.97 Å². The average molecular weight is 196 g/mol. The van der Waals surface area contributed by atoms with E-state index in [2.05, 4.69) is 0 Å². The molecule has 14 heavy (non-hydrogen) atoms. The smallest absolute Gasteiger partial charge is 0.309 e. The van der Waals surface area contributed by atoms with E-state index < -0.39 is 0 Å². The molecule has 3 unspecified atom stereocenters. The summed E-state index contributed by atoms with van der Waals surface area (Å²) < 4.78 is 5.12. The molecule has 0 bridgehead atoms. The lowest BCUT2D eigenvalue weighted by atomic mass is 10.1. The van der Waals surface area contributed by atoms with Crippen molar-refractivity contribution in [3.05, 3.63) is 0 Å². The van der Waals surface area contributed by atoms with Crippen molar-refractivity contribution in [2.45, 2.75) is 26.7 Å². The van der Waals surface area contributed by atoms with Gasteiger partial charge in [0.2, 0.25) is 0 Å². The maximum absolute atomic E-state index is 11.5. The lowest BCUT2D eigenvalue weighted by Crippen LogP contribution is -2.15. The van der Waals surface area contributed by atoms with Gasteiger partial charge in [-0.3, -0.25) is 9.59 Å². The van der Waals surface area contributed by atoms with Crippen molar-refractivity contribution in [3.8, 4) is 0 Å². The molecule has 0 aromatic heterocycles. The molecule has 0 aromatic rings. The summed E-state index contributed by atoms with van der Waals surface area (Å²) in [6.07, 6.45) is 1.56. The van der Waals surface area contributed by atoms with Crippen molar-refractivity contribution in [2.75, 3.05) is 6.61 Å². The lowest BCUT2D eigenvalue weighted by molar-refractivity contribution is -0.148. The van der Waals surface area contributed by atoms with Gasteiger partial charge < -0.3 is 4.74 Å². The molecule has 0 aliphatic heterocycles. The van der Waals surface area contributed by atoms with Crippen LogP contribution in [0.3, 0.4) is 0 Å². The normalized spacial score (nSPS) is 34.5. The molecule has 2 aliphatic carbocycles. The van der Waals surface area contributed by atoms with Crippen LogP contribution in [-0.2, 0) is 14.3 Å². The number of hydrogen-bond acceptors (Lipinski definition) is 3. The van der Waals surface area contributed by atoms with E-state index in [0.29, 0.717) is 24.9 Å². The molecule has 0 heterocycles. The summed E-state index contributed by atoms with van der Waals surface area (Å²) in [4.78, 5) is 22.8. The van der Waals surface area contributed by atoms with Gasteiger partial charge in [0.05, 0.1) is 12.5 Å². The van der Waals surface area contributed by atoms with Crippen molar-refractivity contribution in [1.82, 2.24) is 0 Å². The van der Waals surface area contributed by atoms with E-state index in [4.69, 9.17) is 4.74 Å². The Kier molecular flexibility index (Phi) is 2.33. The molecule has 3 heteroatoms. The summed E-state index contributed by atoms with van der Waals surface area (Å²) in [6, 6.07) is 0. The molecule has 2 fully saturated rings. The number of fused-ring (bicyclic) bond motifs is 1. The third-order valence-electron chi connectivity index (χ3n) is 3.10. The van der Waals surface area contributed by atoms with E-state index in [9.17, 15) is 9.59 Å². The highest BCUT2D eigenvalue weighted by molar-refractivity contribution is 5.94. The maximum atomic E-state index is 11.5. The van der Waals surface area contributed by atoms with E-state index in [-0.39, 0.29) is 23.6 Å². The van der Waals surface area contributed by atoms with Gasteiger partial charge in [-0.2, -0.15) is 0 Å². The molecule has 0 N–H and O–H groups in total. The Balaban J connectivity index is 1.82. The maximum Gasteiger partial charge on any atom is 0.309 e. The van der Waals surface area contributed by atoms with Gasteiger partial charge in [-0.1, -0.05) is 13.8 Å². The van der Waals surface area contributed by atoms with Gasteiger partial charge in [-0.25, -0.2) is 0 Å². The van der Waals surface area contributed by atoms with Gasteiger partial charge in [0.15, 0.2) is 0 Å². The molecule has 0 radical (unpaired) electrons. The van der Waals surface area contributed by atoms with E-state index in [1.807, 2.05) is 13.8 Å². The second kappa shape index (κ2) is 3.37. The number of carbonyl (C=O) groups is 2. The summed E-state index contributed by atoms with van der Waals surface area (Å²) in [5.74, 6) is 0.739. The lowest BCUT2D eigenvalue weighted by Gasteiger charge is -2.07. The summed E-state index contributed by atoms with van der Waals surface area (Å²) in [7, 11) is 0. The largest absolute Gasteiger partial charge is 0.465 e. The SMILES string of the molecule is CC(C)COC(=O)C1C2CCC(=O)C21. The van der Waals surface area contributed by atoms with E-state index in [1.165, 1.54) is 0 Å². The summed E-state index contributed by atoms with van der Waals surface area (Å²) in [5, 5.41) is 0. The molecular formula is C11H16O3. The average Bonchev–Trinajstić information content (AvgIpc) is 2.74. The van der Waals surface area contributed by atoms with Crippen LogP contribution in [0, 0.1) is 23.7 Å². The standard InChI is InChI=1S/C11H16O3/c1-6(2)5-14-11(13)10-7-3-4-8(12)9(7)10/h6-7,9-10H,3-5H2,1-2H3. The fourth-order valence-corrected chi connectivity index (χ4v) is 2.31. The van der Waals surface area contributed by atoms with Crippen molar-refractivity contribution in [2.24, 2.45) is 23.7 Å². The number of hydrogen-bond donors (Lipinski definition) is 0. The van der Waals surface area contributed by atoms with Gasteiger partial charge in [0, 0.05) is 12.3 Å². The number of carbonyl (C=O) groups excluding carboxylic acids is 2. The zero-order chi connectivity index (χ0) is 10.3. The number of esters is 1. The topological polar surface area (TPSA) is 43.4 Å². The van der Waals surface area contributed by atoms with Gasteiger partial charge in [-0.05, 0) is 18.3 Å². The van der Waals surface area contributed by atoms with Crippen LogP contribution in [0.15, 0.2) is 0 Å². The number of Topliss-reactive ketones (excluding diaryl/α,β-unsaturated/α-hetero) is 1. The third kappa shape index (κ3) is 1.56. The molecule has 78 valence electrons. The van der Waals surface area contributed by atoms with Crippen LogP contribution in [-0.4, -0.2) is 18.4 Å². The first-order valence-corrected chi connectivity index (χ1v) is 5.30. The molecule has 3 atom stereocenters. The van der Waals surface area contributed by atoms with Gasteiger partial charge in [-0.15, -0.1) is 0 Å². The van der Waals surface area contributed by atoms with Crippen molar-refractivity contribution < 1.29 is 14.3 Å². The molecule has 2 rings (SSSR count). The van der Waals surface area contributed by atoms with Crippen molar-refractivity contribution in [1.29, 1.82) is 0 Å². The summed E-state index contributed by atoms with van der Waals surface area (Å²) in [6.45, 7) is 4.49. The zero-order valence-corrected chi connectivity index (χ0v) is 8.66. The fourth-order valence-electron chi connectivity index (χ4n) is 2.31. The molecular weight excluding hydrogens is 180 g/mol. The Morgan fingerprint density at radius 1 is 1.57 bits per heavy atom. The molecule has 0 amide bonds. The Morgan fingerprint density at radius 3 is 2.79 bits per heavy atom. The predicted octanol–water partition coefficient (Wildman–Crippen LogP) is 1.41. The Hall–Kier alpha value is -0.860. The van der Waals surface area contributed by atoms with Crippen LogP contribution in [0.5, 0.6) is 0 Å². The molecule has 0 aromatic carbocycles. The number of rotatable bonds is 3. The minimum absolute atomic E-state index is 0.0228. The first kappa shape index (κ1) is 9.69. The van der Waals surface area contributed by atoms with Crippen LogP contribution in [0.1, 0.15) is 26.7 Å². The minimum Gasteiger partial charge on any atom is -0.465 e. The van der Waals surface area contributed by atoms with Crippen LogP contribution < -0.4 is 0 Å². The van der Waals surface area contributed by atoms with E-state index in [0.717, 1.165) is 6.42 Å². The second-order valence-electron chi connectivity index (χ2n) is 4.74. The molecule has 2 aliphatic rings. The zero-order valence-electron chi connectivity index (χ0n) is 8.66. The van der Waals surface area contributed by atoms with Crippen LogP contribution in [0.25, 0.3) is 0 Å². The number of ketones is 1. The fraction of sp³-hybridized carbons (Fsp3) is 0.818. The molecule has 0 spiro atoms. The molecule has 3 nitrogen and oxygen atoms in total. The third-order valence-corrected chi connectivity index (χ3v) is 3.10. The summed E-state index contributed by atoms with van der Waals surface area (Å²) >= 11 is 0. The Morgan fingerprint density at radius 2 is 2.29 bits per heavy atom. The Bertz CT molecular complexity index is 270. The minimum atomic E-state index is -0.151. The Labute approximate surface area is 83.8 Å². The highest BCUT2D eigenvalue weighted by atomic mass is 16.5. The van der Waals surface area contributed by atoms with Crippen molar-refractivity contribution in [3.63, 3.8) is 0 Å².